The number of likely N-dealkylation sites (tertiary alicyclic amines) is 1. The van der Waals surface area contributed by atoms with Crippen molar-refractivity contribution in [3.8, 4) is 0 Å². The van der Waals surface area contributed by atoms with Crippen molar-refractivity contribution < 1.29 is 0 Å². The summed E-state index contributed by atoms with van der Waals surface area (Å²) in [5.74, 6) is 0.782. The zero-order valence-electron chi connectivity index (χ0n) is 11.0. The number of nitrogens with two attached hydrogens (primary N) is 1. The van der Waals surface area contributed by atoms with Gasteiger partial charge in [-0.3, -0.25) is 4.90 Å². The van der Waals surface area contributed by atoms with Gasteiger partial charge in [-0.15, -0.1) is 0 Å². The highest BCUT2D eigenvalue weighted by Gasteiger charge is 2.40. The van der Waals surface area contributed by atoms with Crippen molar-refractivity contribution in [3.63, 3.8) is 0 Å². The van der Waals surface area contributed by atoms with Crippen molar-refractivity contribution in [2.24, 2.45) is 17.1 Å². The highest BCUT2D eigenvalue weighted by molar-refractivity contribution is 4.94. The lowest BCUT2D eigenvalue weighted by Gasteiger charge is -2.32. The Balaban J connectivity index is 1.97. The smallest absolute Gasteiger partial charge is 0.0136 e. The minimum absolute atomic E-state index is 0.627. The maximum absolute atomic E-state index is 5.90. The molecule has 94 valence electrons. The summed E-state index contributed by atoms with van der Waals surface area (Å²) in [7, 11) is 0. The largest absolute Gasteiger partial charge is 0.330 e. The van der Waals surface area contributed by atoms with E-state index in [0.29, 0.717) is 5.41 Å². The fraction of sp³-hybridized carbons (Fsp3) is 1.00. The SMILES string of the molecule is CCC1(CC)CCN(C2CCCC2CN)C1. The Morgan fingerprint density at radius 3 is 2.56 bits per heavy atom. The van der Waals surface area contributed by atoms with Gasteiger partial charge in [0.25, 0.3) is 0 Å². The van der Waals surface area contributed by atoms with Crippen LogP contribution in [0, 0.1) is 11.3 Å². The summed E-state index contributed by atoms with van der Waals surface area (Å²) in [6, 6.07) is 0.810. The lowest BCUT2D eigenvalue weighted by molar-refractivity contribution is 0.166. The monoisotopic (exact) mass is 224 g/mol. The lowest BCUT2D eigenvalue weighted by Crippen LogP contribution is -2.40. The minimum Gasteiger partial charge on any atom is -0.330 e. The molecule has 1 heterocycles. The van der Waals surface area contributed by atoms with Crippen LogP contribution in [-0.2, 0) is 0 Å². The maximum Gasteiger partial charge on any atom is 0.0136 e. The highest BCUT2D eigenvalue weighted by Crippen LogP contribution is 2.41. The van der Waals surface area contributed by atoms with E-state index in [-0.39, 0.29) is 0 Å². The molecular formula is C14H28N2. The van der Waals surface area contributed by atoms with Crippen LogP contribution in [0.1, 0.15) is 52.4 Å². The van der Waals surface area contributed by atoms with Gasteiger partial charge in [0.05, 0.1) is 0 Å². The first-order valence-corrected chi connectivity index (χ1v) is 7.19. The second kappa shape index (κ2) is 5.05. The van der Waals surface area contributed by atoms with Crippen LogP contribution in [0.4, 0.5) is 0 Å². The quantitative estimate of drug-likeness (QED) is 0.795. The summed E-state index contributed by atoms with van der Waals surface area (Å²) >= 11 is 0. The summed E-state index contributed by atoms with van der Waals surface area (Å²) in [4.78, 5) is 2.76. The first-order chi connectivity index (χ1) is 7.74. The number of nitrogens with zero attached hydrogens (tertiary/aromatic N) is 1. The molecule has 0 amide bonds. The molecule has 2 atom stereocenters. The van der Waals surface area contributed by atoms with E-state index in [1.165, 1.54) is 51.6 Å². The van der Waals surface area contributed by atoms with Gasteiger partial charge in [0, 0.05) is 12.6 Å². The Kier molecular flexibility index (Phi) is 3.91. The van der Waals surface area contributed by atoms with Crippen LogP contribution in [0.5, 0.6) is 0 Å². The van der Waals surface area contributed by atoms with Crippen LogP contribution in [0.2, 0.25) is 0 Å². The molecule has 2 unspecified atom stereocenters. The van der Waals surface area contributed by atoms with Gasteiger partial charge >= 0.3 is 0 Å². The fourth-order valence-corrected chi connectivity index (χ4v) is 3.85. The summed E-state index contributed by atoms with van der Waals surface area (Å²) in [6.07, 6.45) is 8.26. The Hall–Kier alpha value is -0.0800. The molecule has 1 aliphatic heterocycles. The van der Waals surface area contributed by atoms with E-state index < -0.39 is 0 Å². The molecule has 0 aromatic heterocycles. The van der Waals surface area contributed by atoms with E-state index in [1.54, 1.807) is 0 Å². The van der Waals surface area contributed by atoms with Gasteiger partial charge in [0.15, 0.2) is 0 Å². The molecule has 0 aromatic carbocycles. The average Bonchev–Trinajstić information content (AvgIpc) is 2.95. The highest BCUT2D eigenvalue weighted by atomic mass is 15.2. The third-order valence-electron chi connectivity index (χ3n) is 5.36. The Morgan fingerprint density at radius 2 is 2.00 bits per heavy atom. The van der Waals surface area contributed by atoms with Crippen LogP contribution in [-0.4, -0.2) is 30.6 Å². The third-order valence-corrected chi connectivity index (χ3v) is 5.36. The predicted molar refractivity (Wildman–Crippen MR) is 69.4 cm³/mol. The predicted octanol–water partition coefficient (Wildman–Crippen LogP) is 2.63. The van der Waals surface area contributed by atoms with Gasteiger partial charge in [-0.05, 0) is 56.5 Å². The molecule has 0 radical (unpaired) electrons. The van der Waals surface area contributed by atoms with E-state index in [0.717, 1.165) is 18.5 Å². The molecule has 1 aliphatic carbocycles. The second-order valence-electron chi connectivity index (χ2n) is 5.92. The van der Waals surface area contributed by atoms with Crippen LogP contribution < -0.4 is 5.73 Å². The Bertz CT molecular complexity index is 223. The molecule has 1 saturated carbocycles. The Labute approximate surface area is 101 Å². The van der Waals surface area contributed by atoms with Gasteiger partial charge in [-0.25, -0.2) is 0 Å². The van der Waals surface area contributed by atoms with Crippen LogP contribution in [0.3, 0.4) is 0 Å². The van der Waals surface area contributed by atoms with E-state index >= 15 is 0 Å². The molecule has 16 heavy (non-hydrogen) atoms. The molecule has 2 fully saturated rings. The molecule has 2 aliphatic rings. The maximum atomic E-state index is 5.90. The normalized spacial score (nSPS) is 34.7. The van der Waals surface area contributed by atoms with Crippen molar-refractivity contribution in [3.05, 3.63) is 0 Å². The molecule has 2 heteroatoms. The van der Waals surface area contributed by atoms with Gasteiger partial charge in [0.2, 0.25) is 0 Å². The van der Waals surface area contributed by atoms with Crippen molar-refractivity contribution >= 4 is 0 Å². The molecule has 2 rings (SSSR count). The fourth-order valence-electron chi connectivity index (χ4n) is 3.85. The van der Waals surface area contributed by atoms with E-state index in [2.05, 4.69) is 18.7 Å². The molecule has 0 aromatic rings. The number of rotatable bonds is 4. The van der Waals surface area contributed by atoms with E-state index in [1.807, 2.05) is 0 Å². The molecule has 2 N–H and O–H groups in total. The third kappa shape index (κ3) is 2.14. The molecular weight excluding hydrogens is 196 g/mol. The first-order valence-electron chi connectivity index (χ1n) is 7.19. The average molecular weight is 224 g/mol. The van der Waals surface area contributed by atoms with Crippen LogP contribution in [0.15, 0.2) is 0 Å². The molecule has 2 nitrogen and oxygen atoms in total. The van der Waals surface area contributed by atoms with Crippen LogP contribution >= 0.6 is 0 Å². The second-order valence-corrected chi connectivity index (χ2v) is 5.92. The van der Waals surface area contributed by atoms with Gasteiger partial charge in [0.1, 0.15) is 0 Å². The standard InChI is InChI=1S/C14H28N2/c1-3-14(4-2)8-9-16(11-14)13-7-5-6-12(13)10-15/h12-13H,3-11,15H2,1-2H3. The molecule has 0 spiro atoms. The Morgan fingerprint density at radius 1 is 1.25 bits per heavy atom. The minimum atomic E-state index is 0.627. The molecule has 1 saturated heterocycles. The van der Waals surface area contributed by atoms with Crippen molar-refractivity contribution in [2.75, 3.05) is 19.6 Å². The van der Waals surface area contributed by atoms with E-state index in [9.17, 15) is 0 Å². The van der Waals surface area contributed by atoms with Crippen molar-refractivity contribution in [1.29, 1.82) is 0 Å². The molecule has 0 bridgehead atoms. The summed E-state index contributed by atoms with van der Waals surface area (Å²) in [6.45, 7) is 8.28. The van der Waals surface area contributed by atoms with Gasteiger partial charge in [-0.1, -0.05) is 20.3 Å². The summed E-state index contributed by atoms with van der Waals surface area (Å²) < 4.78 is 0. The topological polar surface area (TPSA) is 29.3 Å². The summed E-state index contributed by atoms with van der Waals surface area (Å²) in [5, 5.41) is 0. The first kappa shape index (κ1) is 12.4. The summed E-state index contributed by atoms with van der Waals surface area (Å²) in [5.41, 5.74) is 6.52. The zero-order valence-corrected chi connectivity index (χ0v) is 11.0. The zero-order chi connectivity index (χ0) is 11.6. The van der Waals surface area contributed by atoms with Crippen molar-refractivity contribution in [2.45, 2.75) is 58.4 Å². The van der Waals surface area contributed by atoms with E-state index in [4.69, 9.17) is 5.73 Å². The number of hydrogen-bond acceptors (Lipinski definition) is 2. The van der Waals surface area contributed by atoms with Gasteiger partial charge in [-0.2, -0.15) is 0 Å². The lowest BCUT2D eigenvalue weighted by atomic mass is 9.82. The van der Waals surface area contributed by atoms with Crippen molar-refractivity contribution in [1.82, 2.24) is 4.90 Å². The number of hydrogen-bond donors (Lipinski definition) is 1. The van der Waals surface area contributed by atoms with Crippen LogP contribution in [0.25, 0.3) is 0 Å². The van der Waals surface area contributed by atoms with Gasteiger partial charge < -0.3 is 5.73 Å².